The normalized spacial score (nSPS) is 13.4. The quantitative estimate of drug-likeness (QED) is 0.723. The molecule has 0 saturated carbocycles. The van der Waals surface area contributed by atoms with E-state index in [1.165, 1.54) is 0 Å². The minimum absolute atomic E-state index is 0.340. The predicted molar refractivity (Wildman–Crippen MR) is 49.8 cm³/mol. The minimum Gasteiger partial charge on any atom is -0.454 e. The summed E-state index contributed by atoms with van der Waals surface area (Å²) >= 11 is 3.34. The van der Waals surface area contributed by atoms with Crippen molar-refractivity contribution < 1.29 is 9.47 Å². The first-order valence-electron chi connectivity index (χ1n) is 3.69. The summed E-state index contributed by atoms with van der Waals surface area (Å²) in [6.45, 7) is 0.340. The van der Waals surface area contributed by atoms with E-state index >= 15 is 0 Å². The molecule has 3 heteroatoms. The molecule has 0 aliphatic carbocycles. The summed E-state index contributed by atoms with van der Waals surface area (Å²) in [5.41, 5.74) is 1.15. The fourth-order valence-corrected chi connectivity index (χ4v) is 1.50. The van der Waals surface area contributed by atoms with Gasteiger partial charge in [0.25, 0.3) is 0 Å². The Kier molecular flexibility index (Phi) is 2.21. The molecule has 1 aliphatic heterocycles. The molecule has 1 radical (unpaired) electrons. The Hall–Kier alpha value is -0.700. The Bertz CT molecular complexity index is 286. The van der Waals surface area contributed by atoms with E-state index in [0.29, 0.717) is 6.79 Å². The van der Waals surface area contributed by atoms with Crippen molar-refractivity contribution in [2.45, 2.75) is 0 Å². The zero-order valence-electron chi connectivity index (χ0n) is 6.42. The Morgan fingerprint density at radius 1 is 1.33 bits per heavy atom. The molecular formula is C9H8BrO2. The summed E-state index contributed by atoms with van der Waals surface area (Å²) in [6.07, 6.45) is 2.07. The molecule has 0 bridgehead atoms. The molecule has 0 N–H and O–H groups in total. The van der Waals surface area contributed by atoms with Gasteiger partial charge in [-0.15, -0.1) is 0 Å². The third-order valence-electron chi connectivity index (χ3n) is 1.71. The van der Waals surface area contributed by atoms with Gasteiger partial charge in [-0.3, -0.25) is 0 Å². The van der Waals surface area contributed by atoms with Gasteiger partial charge < -0.3 is 9.47 Å². The molecule has 1 aliphatic rings. The van der Waals surface area contributed by atoms with Crippen molar-refractivity contribution in [2.75, 3.05) is 12.1 Å². The van der Waals surface area contributed by atoms with Gasteiger partial charge in [0.2, 0.25) is 6.79 Å². The van der Waals surface area contributed by atoms with E-state index in [2.05, 4.69) is 22.4 Å². The first-order chi connectivity index (χ1) is 5.90. The minimum atomic E-state index is 0.340. The number of ether oxygens (including phenoxy) is 2. The highest BCUT2D eigenvalue weighted by Crippen LogP contribution is 2.32. The Morgan fingerprint density at radius 3 is 3.00 bits per heavy atom. The van der Waals surface area contributed by atoms with Gasteiger partial charge >= 0.3 is 0 Å². The van der Waals surface area contributed by atoms with Gasteiger partial charge in [0.15, 0.2) is 11.5 Å². The summed E-state index contributed by atoms with van der Waals surface area (Å²) in [4.78, 5) is 0. The van der Waals surface area contributed by atoms with Gasteiger partial charge in [-0.05, 0) is 17.7 Å². The summed E-state index contributed by atoms with van der Waals surface area (Å²) in [6, 6.07) is 5.91. The van der Waals surface area contributed by atoms with Crippen molar-refractivity contribution in [3.63, 3.8) is 0 Å². The van der Waals surface area contributed by atoms with Crippen LogP contribution in [0.5, 0.6) is 11.5 Å². The van der Waals surface area contributed by atoms with Crippen LogP contribution in [0.2, 0.25) is 0 Å². The largest absolute Gasteiger partial charge is 0.454 e. The fraction of sp³-hybridized carbons (Fsp3) is 0.222. The molecule has 2 rings (SSSR count). The average Bonchev–Trinajstić information content (AvgIpc) is 2.51. The molecule has 2 nitrogen and oxygen atoms in total. The number of hydrogen-bond donors (Lipinski definition) is 0. The highest BCUT2D eigenvalue weighted by Gasteiger charge is 2.12. The van der Waals surface area contributed by atoms with E-state index in [1.54, 1.807) is 0 Å². The fourth-order valence-electron chi connectivity index (χ4n) is 1.13. The van der Waals surface area contributed by atoms with E-state index in [1.807, 2.05) is 18.2 Å². The van der Waals surface area contributed by atoms with E-state index in [-0.39, 0.29) is 0 Å². The van der Waals surface area contributed by atoms with E-state index in [9.17, 15) is 0 Å². The topological polar surface area (TPSA) is 18.5 Å². The van der Waals surface area contributed by atoms with Crippen LogP contribution in [0.25, 0.3) is 0 Å². The highest BCUT2D eigenvalue weighted by atomic mass is 79.9. The second-order valence-corrected chi connectivity index (χ2v) is 3.12. The molecule has 63 valence electrons. The Labute approximate surface area is 79.6 Å². The van der Waals surface area contributed by atoms with Crippen LogP contribution >= 0.6 is 15.9 Å². The SMILES string of the molecule is BrC[CH]c1ccc2c(c1)OCO2. The standard InChI is InChI=1S/C9H8BrO2/c10-4-3-7-1-2-8-9(5-7)12-6-11-8/h1-3,5H,4,6H2. The van der Waals surface area contributed by atoms with Gasteiger partial charge in [0, 0.05) is 11.8 Å². The molecule has 0 amide bonds. The van der Waals surface area contributed by atoms with E-state index in [4.69, 9.17) is 9.47 Å². The van der Waals surface area contributed by atoms with E-state index < -0.39 is 0 Å². The maximum Gasteiger partial charge on any atom is 0.231 e. The van der Waals surface area contributed by atoms with Gasteiger partial charge in [0.1, 0.15) is 0 Å². The Morgan fingerprint density at radius 2 is 2.17 bits per heavy atom. The smallest absolute Gasteiger partial charge is 0.231 e. The number of benzene rings is 1. The van der Waals surface area contributed by atoms with Crippen LogP contribution in [-0.2, 0) is 0 Å². The molecule has 1 heterocycles. The zero-order chi connectivity index (χ0) is 8.39. The first kappa shape index (κ1) is 7.92. The number of fused-ring (bicyclic) bond motifs is 1. The van der Waals surface area contributed by atoms with E-state index in [0.717, 1.165) is 22.4 Å². The van der Waals surface area contributed by atoms with Crippen LogP contribution in [0, 0.1) is 6.42 Å². The third kappa shape index (κ3) is 1.41. The summed E-state index contributed by atoms with van der Waals surface area (Å²) in [7, 11) is 0. The molecular weight excluding hydrogens is 220 g/mol. The maximum absolute atomic E-state index is 5.23. The van der Waals surface area contributed by atoms with Crippen molar-refractivity contribution >= 4 is 15.9 Å². The molecule has 0 saturated heterocycles. The molecule has 0 atom stereocenters. The zero-order valence-corrected chi connectivity index (χ0v) is 8.00. The molecule has 0 aromatic heterocycles. The summed E-state index contributed by atoms with van der Waals surface area (Å²) in [5, 5.41) is 0.854. The monoisotopic (exact) mass is 227 g/mol. The lowest BCUT2D eigenvalue weighted by molar-refractivity contribution is 0.174. The van der Waals surface area contributed by atoms with Crippen LogP contribution in [0.1, 0.15) is 5.56 Å². The van der Waals surface area contributed by atoms with Crippen molar-refractivity contribution in [1.82, 2.24) is 0 Å². The third-order valence-corrected chi connectivity index (χ3v) is 2.03. The van der Waals surface area contributed by atoms with Crippen LogP contribution in [0.15, 0.2) is 18.2 Å². The maximum atomic E-state index is 5.23. The van der Waals surface area contributed by atoms with Gasteiger partial charge in [0.05, 0.1) is 0 Å². The first-order valence-corrected chi connectivity index (χ1v) is 4.81. The lowest BCUT2D eigenvalue weighted by atomic mass is 10.1. The number of halogens is 1. The molecule has 1 aromatic carbocycles. The van der Waals surface area contributed by atoms with Crippen LogP contribution in [0.4, 0.5) is 0 Å². The lowest BCUT2D eigenvalue weighted by Crippen LogP contribution is -1.92. The van der Waals surface area contributed by atoms with Crippen molar-refractivity contribution in [3.8, 4) is 11.5 Å². The van der Waals surface area contributed by atoms with Gasteiger partial charge in [-0.2, -0.15) is 0 Å². The highest BCUT2D eigenvalue weighted by molar-refractivity contribution is 9.09. The molecule has 0 fully saturated rings. The molecule has 0 unspecified atom stereocenters. The summed E-state index contributed by atoms with van der Waals surface area (Å²) < 4.78 is 10.4. The number of alkyl halides is 1. The summed E-state index contributed by atoms with van der Waals surface area (Å²) in [5.74, 6) is 1.67. The predicted octanol–water partition coefficient (Wildman–Crippen LogP) is 2.36. The molecule has 12 heavy (non-hydrogen) atoms. The number of rotatable bonds is 2. The lowest BCUT2D eigenvalue weighted by Gasteiger charge is -1.99. The Balaban J connectivity index is 2.26. The van der Waals surface area contributed by atoms with Crippen molar-refractivity contribution in [3.05, 3.63) is 30.2 Å². The van der Waals surface area contributed by atoms with Gasteiger partial charge in [-0.25, -0.2) is 0 Å². The second-order valence-electron chi connectivity index (χ2n) is 2.47. The molecule has 1 aromatic rings. The second kappa shape index (κ2) is 3.35. The van der Waals surface area contributed by atoms with Gasteiger partial charge in [-0.1, -0.05) is 22.0 Å². The number of hydrogen-bond acceptors (Lipinski definition) is 2. The van der Waals surface area contributed by atoms with Crippen LogP contribution < -0.4 is 9.47 Å². The average molecular weight is 228 g/mol. The van der Waals surface area contributed by atoms with Crippen molar-refractivity contribution in [1.29, 1.82) is 0 Å². The van der Waals surface area contributed by atoms with Crippen LogP contribution in [0.3, 0.4) is 0 Å². The molecule has 0 spiro atoms. The van der Waals surface area contributed by atoms with Crippen LogP contribution in [-0.4, -0.2) is 12.1 Å². The van der Waals surface area contributed by atoms with Crippen molar-refractivity contribution in [2.24, 2.45) is 0 Å².